The van der Waals surface area contributed by atoms with E-state index in [9.17, 15) is 4.79 Å². The van der Waals surface area contributed by atoms with E-state index >= 15 is 0 Å². The summed E-state index contributed by atoms with van der Waals surface area (Å²) in [5.41, 5.74) is 0.914. The Balaban J connectivity index is 2.24. The largest absolute Gasteiger partial charge is 0.448 e. The van der Waals surface area contributed by atoms with Gasteiger partial charge in [0.15, 0.2) is 0 Å². The van der Waals surface area contributed by atoms with Crippen molar-refractivity contribution in [1.29, 1.82) is 0 Å². The fraction of sp³-hybridized carbons (Fsp3) is 0.429. The molecular weight excluding hydrogens is 244 g/mol. The molecule has 0 atom stereocenters. The Kier molecular flexibility index (Phi) is 4.92. The highest BCUT2D eigenvalue weighted by Crippen LogP contribution is 2.09. The maximum atomic E-state index is 11.6. The molecular formula is C14H18N2O3. The second kappa shape index (κ2) is 6.89. The van der Waals surface area contributed by atoms with Crippen molar-refractivity contribution in [2.45, 2.75) is 6.92 Å². The van der Waals surface area contributed by atoms with E-state index in [1.54, 1.807) is 6.92 Å². The van der Waals surface area contributed by atoms with Crippen molar-refractivity contribution in [3.05, 3.63) is 35.9 Å². The molecule has 0 saturated carbocycles. The number of amidine groups is 1. The number of aliphatic imine (C=N–C) groups is 1. The molecule has 0 unspecified atom stereocenters. The Morgan fingerprint density at radius 3 is 2.63 bits per heavy atom. The van der Waals surface area contributed by atoms with Crippen LogP contribution >= 0.6 is 0 Å². The second-order valence-corrected chi connectivity index (χ2v) is 4.10. The zero-order valence-electron chi connectivity index (χ0n) is 11.0. The highest BCUT2D eigenvalue weighted by Gasteiger charge is 2.18. The maximum Gasteiger partial charge on any atom is 0.435 e. The van der Waals surface area contributed by atoms with Crippen LogP contribution in [0.25, 0.3) is 0 Å². The van der Waals surface area contributed by atoms with E-state index in [1.807, 2.05) is 30.3 Å². The third kappa shape index (κ3) is 3.79. The van der Waals surface area contributed by atoms with Crippen LogP contribution in [0.4, 0.5) is 4.79 Å². The minimum Gasteiger partial charge on any atom is -0.448 e. The van der Waals surface area contributed by atoms with E-state index in [2.05, 4.69) is 9.89 Å². The number of amides is 1. The molecule has 1 fully saturated rings. The van der Waals surface area contributed by atoms with Gasteiger partial charge in [-0.3, -0.25) is 0 Å². The number of hydrogen-bond acceptors (Lipinski definition) is 3. The number of carbonyl (C=O) groups is 1. The molecule has 0 radical (unpaired) electrons. The maximum absolute atomic E-state index is 11.6. The molecule has 19 heavy (non-hydrogen) atoms. The molecule has 0 aliphatic carbocycles. The van der Waals surface area contributed by atoms with Crippen LogP contribution < -0.4 is 0 Å². The summed E-state index contributed by atoms with van der Waals surface area (Å²) >= 11 is 0. The van der Waals surface area contributed by atoms with Crippen molar-refractivity contribution >= 4 is 11.9 Å². The predicted molar refractivity (Wildman–Crippen MR) is 72.4 cm³/mol. The van der Waals surface area contributed by atoms with Gasteiger partial charge < -0.3 is 14.4 Å². The van der Waals surface area contributed by atoms with E-state index in [0.717, 1.165) is 18.7 Å². The molecule has 102 valence electrons. The molecule has 1 aromatic rings. The minimum atomic E-state index is -0.548. The summed E-state index contributed by atoms with van der Waals surface area (Å²) in [6.45, 7) is 4.85. The second-order valence-electron chi connectivity index (χ2n) is 4.10. The Bertz CT molecular complexity index is 439. The first-order valence-electron chi connectivity index (χ1n) is 6.45. The van der Waals surface area contributed by atoms with Crippen molar-refractivity contribution in [3.8, 4) is 0 Å². The zero-order valence-corrected chi connectivity index (χ0v) is 11.0. The van der Waals surface area contributed by atoms with E-state index in [4.69, 9.17) is 9.47 Å². The van der Waals surface area contributed by atoms with Gasteiger partial charge in [0.05, 0.1) is 19.8 Å². The van der Waals surface area contributed by atoms with Crippen LogP contribution in [0.2, 0.25) is 0 Å². The normalized spacial score (nSPS) is 16.3. The zero-order chi connectivity index (χ0) is 13.5. The van der Waals surface area contributed by atoms with Gasteiger partial charge in [0.1, 0.15) is 5.84 Å². The molecule has 5 nitrogen and oxygen atoms in total. The lowest BCUT2D eigenvalue weighted by atomic mass is 10.2. The highest BCUT2D eigenvalue weighted by atomic mass is 16.5. The SMILES string of the molecule is CCOC(=O)/N=C(/c1ccccc1)N1CCOCC1. The van der Waals surface area contributed by atoms with Gasteiger partial charge >= 0.3 is 6.09 Å². The summed E-state index contributed by atoms with van der Waals surface area (Å²) in [5, 5.41) is 0. The molecule has 2 rings (SSSR count). The fourth-order valence-corrected chi connectivity index (χ4v) is 1.92. The van der Waals surface area contributed by atoms with Gasteiger partial charge in [-0.15, -0.1) is 0 Å². The molecule has 1 saturated heterocycles. The summed E-state index contributed by atoms with van der Waals surface area (Å²) in [7, 11) is 0. The number of morpholine rings is 1. The van der Waals surface area contributed by atoms with Gasteiger partial charge in [-0.25, -0.2) is 4.79 Å². The third-order valence-corrected chi connectivity index (χ3v) is 2.81. The van der Waals surface area contributed by atoms with Gasteiger partial charge in [-0.2, -0.15) is 4.99 Å². The molecule has 1 aromatic carbocycles. The first-order valence-corrected chi connectivity index (χ1v) is 6.45. The first kappa shape index (κ1) is 13.5. The molecule has 1 heterocycles. The number of hydrogen-bond donors (Lipinski definition) is 0. The van der Waals surface area contributed by atoms with Crippen LogP contribution in [-0.4, -0.2) is 49.7 Å². The molecule has 0 N–H and O–H groups in total. The Morgan fingerprint density at radius 2 is 2.00 bits per heavy atom. The van der Waals surface area contributed by atoms with Crippen LogP contribution in [0, 0.1) is 0 Å². The van der Waals surface area contributed by atoms with Gasteiger partial charge in [0.2, 0.25) is 0 Å². The summed E-state index contributed by atoms with van der Waals surface area (Å²) in [4.78, 5) is 17.7. The predicted octanol–water partition coefficient (Wildman–Crippen LogP) is 1.92. The molecule has 0 spiro atoms. The minimum absolute atomic E-state index is 0.327. The number of rotatable bonds is 2. The molecule has 5 heteroatoms. The number of nitrogens with zero attached hydrogens (tertiary/aromatic N) is 2. The number of carbonyl (C=O) groups excluding carboxylic acids is 1. The lowest BCUT2D eigenvalue weighted by molar-refractivity contribution is 0.0680. The lowest BCUT2D eigenvalue weighted by Gasteiger charge is -2.29. The van der Waals surface area contributed by atoms with Crippen LogP contribution in [-0.2, 0) is 9.47 Å². The van der Waals surface area contributed by atoms with E-state index in [0.29, 0.717) is 25.7 Å². The van der Waals surface area contributed by atoms with Crippen LogP contribution in [0.5, 0.6) is 0 Å². The van der Waals surface area contributed by atoms with Crippen molar-refractivity contribution in [1.82, 2.24) is 4.90 Å². The Hall–Kier alpha value is -1.88. The van der Waals surface area contributed by atoms with Crippen molar-refractivity contribution in [3.63, 3.8) is 0 Å². The molecule has 0 aromatic heterocycles. The lowest BCUT2D eigenvalue weighted by Crippen LogP contribution is -2.41. The van der Waals surface area contributed by atoms with E-state index in [-0.39, 0.29) is 0 Å². The van der Waals surface area contributed by atoms with Crippen LogP contribution in [0.1, 0.15) is 12.5 Å². The van der Waals surface area contributed by atoms with Crippen molar-refractivity contribution < 1.29 is 14.3 Å². The summed E-state index contributed by atoms with van der Waals surface area (Å²) in [5.74, 6) is 0.655. The highest BCUT2D eigenvalue weighted by molar-refractivity contribution is 6.03. The summed E-state index contributed by atoms with van der Waals surface area (Å²) in [6.07, 6.45) is -0.548. The van der Waals surface area contributed by atoms with Gasteiger partial charge in [0.25, 0.3) is 0 Å². The van der Waals surface area contributed by atoms with Gasteiger partial charge in [0, 0.05) is 18.7 Å². The molecule has 1 aliphatic heterocycles. The standard InChI is InChI=1S/C14H18N2O3/c1-2-19-14(17)15-13(12-6-4-3-5-7-12)16-8-10-18-11-9-16/h3-7H,2,8-11H2,1H3/b15-13-. The Labute approximate surface area is 112 Å². The average molecular weight is 262 g/mol. The van der Waals surface area contributed by atoms with Crippen molar-refractivity contribution in [2.75, 3.05) is 32.9 Å². The van der Waals surface area contributed by atoms with Crippen LogP contribution in [0.3, 0.4) is 0 Å². The molecule has 1 aliphatic rings. The quantitative estimate of drug-likeness (QED) is 0.603. The van der Waals surface area contributed by atoms with Crippen molar-refractivity contribution in [2.24, 2.45) is 4.99 Å². The van der Waals surface area contributed by atoms with Gasteiger partial charge in [-0.05, 0) is 6.92 Å². The van der Waals surface area contributed by atoms with Gasteiger partial charge in [-0.1, -0.05) is 30.3 Å². The Morgan fingerprint density at radius 1 is 1.32 bits per heavy atom. The summed E-state index contributed by atoms with van der Waals surface area (Å²) < 4.78 is 10.2. The average Bonchev–Trinajstić information content (AvgIpc) is 2.47. The number of ether oxygens (including phenoxy) is 2. The monoisotopic (exact) mass is 262 g/mol. The third-order valence-electron chi connectivity index (χ3n) is 2.81. The summed E-state index contributed by atoms with van der Waals surface area (Å²) in [6, 6.07) is 9.67. The van der Waals surface area contributed by atoms with E-state index in [1.165, 1.54) is 0 Å². The first-order chi connectivity index (χ1) is 9.31. The molecule has 0 bridgehead atoms. The smallest absolute Gasteiger partial charge is 0.435 e. The number of benzene rings is 1. The molecule has 1 amide bonds. The van der Waals surface area contributed by atoms with E-state index < -0.39 is 6.09 Å². The van der Waals surface area contributed by atoms with Crippen LogP contribution in [0.15, 0.2) is 35.3 Å². The fourth-order valence-electron chi connectivity index (χ4n) is 1.92. The topological polar surface area (TPSA) is 51.1 Å².